The van der Waals surface area contributed by atoms with Gasteiger partial charge in [0.1, 0.15) is 11.3 Å². The summed E-state index contributed by atoms with van der Waals surface area (Å²) in [5.41, 5.74) is 4.59. The molecule has 0 spiro atoms. The minimum absolute atomic E-state index is 0.127. The highest BCUT2D eigenvalue weighted by molar-refractivity contribution is 7.93. The monoisotopic (exact) mass is 460 g/mol. The van der Waals surface area contributed by atoms with Crippen molar-refractivity contribution in [2.24, 2.45) is 5.92 Å². The predicted octanol–water partition coefficient (Wildman–Crippen LogP) is 5.41. The first-order valence-electron chi connectivity index (χ1n) is 11.2. The molecule has 0 saturated carbocycles. The molecular weight excluding hydrogens is 436 g/mol. The van der Waals surface area contributed by atoms with Gasteiger partial charge in [-0.05, 0) is 61.6 Å². The van der Waals surface area contributed by atoms with Gasteiger partial charge in [-0.3, -0.25) is 9.52 Å². The van der Waals surface area contributed by atoms with Crippen molar-refractivity contribution in [2.45, 2.75) is 38.0 Å². The van der Waals surface area contributed by atoms with Crippen molar-refractivity contribution in [1.29, 1.82) is 0 Å². The van der Waals surface area contributed by atoms with Crippen LogP contribution in [0.4, 0.5) is 11.4 Å². The first-order valence-corrected chi connectivity index (χ1v) is 12.6. The van der Waals surface area contributed by atoms with Gasteiger partial charge in [0.15, 0.2) is 0 Å². The Balaban J connectivity index is 1.47. The standard InChI is InChI=1S/C26H24N2O4S/c1-14-7-9-22-18(11-14)19-13-20(15(2)12-23(19)32-22)27-33(30,31)24-10-8-21-25-16(24)5-4-6-17(25)26(29)28(21)3/h4-6,8,10,12-14,27H,7,9,11H2,1-3H3. The van der Waals surface area contributed by atoms with Gasteiger partial charge in [0.05, 0.1) is 16.3 Å². The van der Waals surface area contributed by atoms with Gasteiger partial charge in [0.2, 0.25) is 0 Å². The number of hydrogen-bond acceptors (Lipinski definition) is 4. The second-order valence-electron chi connectivity index (χ2n) is 9.30. The Morgan fingerprint density at radius 3 is 2.76 bits per heavy atom. The normalized spacial score (nSPS) is 17.7. The van der Waals surface area contributed by atoms with Crippen LogP contribution in [0.25, 0.3) is 21.7 Å². The predicted molar refractivity (Wildman–Crippen MR) is 130 cm³/mol. The van der Waals surface area contributed by atoms with Crippen LogP contribution in [0.5, 0.6) is 0 Å². The molecule has 0 fully saturated rings. The van der Waals surface area contributed by atoms with Crippen LogP contribution in [0.15, 0.2) is 51.8 Å². The Morgan fingerprint density at radius 2 is 1.94 bits per heavy atom. The van der Waals surface area contributed by atoms with Gasteiger partial charge in [-0.25, -0.2) is 8.42 Å². The molecule has 168 valence electrons. The van der Waals surface area contributed by atoms with Gasteiger partial charge in [0.25, 0.3) is 15.9 Å². The molecule has 1 atom stereocenters. The molecule has 1 aliphatic heterocycles. The molecule has 6 rings (SSSR count). The number of rotatable bonds is 3. The molecule has 1 unspecified atom stereocenters. The summed E-state index contributed by atoms with van der Waals surface area (Å²) in [5.74, 6) is 1.47. The van der Waals surface area contributed by atoms with Crippen LogP contribution in [0, 0.1) is 12.8 Å². The molecule has 1 N–H and O–H groups in total. The zero-order valence-electron chi connectivity index (χ0n) is 18.7. The lowest BCUT2D eigenvalue weighted by atomic mass is 9.88. The Hall–Kier alpha value is -3.32. The Bertz CT molecular complexity index is 1600. The van der Waals surface area contributed by atoms with Gasteiger partial charge in [-0.15, -0.1) is 0 Å². The van der Waals surface area contributed by atoms with E-state index in [0.29, 0.717) is 27.9 Å². The summed E-state index contributed by atoms with van der Waals surface area (Å²) in [6, 6.07) is 12.3. The number of aryl methyl sites for hydroxylation is 2. The third-order valence-electron chi connectivity index (χ3n) is 7.05. The number of fused-ring (bicyclic) bond motifs is 3. The number of furan rings is 1. The minimum atomic E-state index is -3.90. The average molecular weight is 461 g/mol. The molecule has 1 amide bonds. The summed E-state index contributed by atoms with van der Waals surface area (Å²) < 4.78 is 36.0. The van der Waals surface area contributed by atoms with Crippen molar-refractivity contribution < 1.29 is 17.6 Å². The highest BCUT2D eigenvalue weighted by Crippen LogP contribution is 2.41. The maximum atomic E-state index is 13.6. The molecule has 7 heteroatoms. The zero-order valence-corrected chi connectivity index (χ0v) is 19.5. The number of amides is 1. The van der Waals surface area contributed by atoms with E-state index in [1.165, 1.54) is 5.56 Å². The number of nitrogens with one attached hydrogen (secondary N) is 1. The van der Waals surface area contributed by atoms with Crippen LogP contribution >= 0.6 is 0 Å². The molecule has 2 aliphatic rings. The third kappa shape index (κ3) is 2.92. The first kappa shape index (κ1) is 20.3. The van der Waals surface area contributed by atoms with E-state index in [2.05, 4.69) is 11.6 Å². The fourth-order valence-corrected chi connectivity index (χ4v) is 6.58. The third-order valence-corrected chi connectivity index (χ3v) is 8.47. The molecule has 4 aromatic rings. The SMILES string of the molecule is Cc1cc2oc3c(c2cc1NS(=O)(=O)c1ccc2c4c(cccc14)C(=O)N2C)CC(C)CC3. The Labute approximate surface area is 192 Å². The lowest BCUT2D eigenvalue weighted by Crippen LogP contribution is -2.20. The van der Waals surface area contributed by atoms with Crippen molar-refractivity contribution in [2.75, 3.05) is 16.7 Å². The molecule has 1 aromatic heterocycles. The number of carbonyl (C=O) groups excluding carboxylic acids is 1. The average Bonchev–Trinajstić information content (AvgIpc) is 3.25. The number of sulfonamides is 1. The van der Waals surface area contributed by atoms with E-state index < -0.39 is 10.0 Å². The summed E-state index contributed by atoms with van der Waals surface area (Å²) >= 11 is 0. The van der Waals surface area contributed by atoms with Crippen LogP contribution in [0.3, 0.4) is 0 Å². The van der Waals surface area contributed by atoms with E-state index in [9.17, 15) is 13.2 Å². The largest absolute Gasteiger partial charge is 0.461 e. The van der Waals surface area contributed by atoms with Crippen molar-refractivity contribution in [3.8, 4) is 0 Å². The maximum absolute atomic E-state index is 13.6. The van der Waals surface area contributed by atoms with E-state index in [1.54, 1.807) is 42.3 Å². The molecule has 1 aliphatic carbocycles. The van der Waals surface area contributed by atoms with Gasteiger partial charge in [-0.1, -0.05) is 19.1 Å². The second kappa shape index (κ2) is 6.84. The van der Waals surface area contributed by atoms with Gasteiger partial charge in [0, 0.05) is 40.8 Å². The van der Waals surface area contributed by atoms with E-state index in [-0.39, 0.29) is 10.8 Å². The summed E-state index contributed by atoms with van der Waals surface area (Å²) in [6.45, 7) is 4.11. The van der Waals surface area contributed by atoms with Crippen molar-refractivity contribution in [1.82, 2.24) is 0 Å². The van der Waals surface area contributed by atoms with Crippen LogP contribution in [0.1, 0.15) is 40.6 Å². The lowest BCUT2D eigenvalue weighted by molar-refractivity contribution is 0.0999. The summed E-state index contributed by atoms with van der Waals surface area (Å²) in [7, 11) is -2.19. The minimum Gasteiger partial charge on any atom is -0.461 e. The quantitative estimate of drug-likeness (QED) is 0.443. The number of benzene rings is 3. The maximum Gasteiger partial charge on any atom is 0.262 e. The molecular formula is C26H24N2O4S. The highest BCUT2D eigenvalue weighted by Gasteiger charge is 2.30. The highest BCUT2D eigenvalue weighted by atomic mass is 32.2. The molecule has 0 radical (unpaired) electrons. The van der Waals surface area contributed by atoms with Crippen molar-refractivity contribution in [3.05, 3.63) is 64.9 Å². The van der Waals surface area contributed by atoms with Crippen LogP contribution in [-0.2, 0) is 22.9 Å². The fourth-order valence-electron chi connectivity index (χ4n) is 5.25. The molecule has 0 bridgehead atoms. The fraction of sp³-hybridized carbons (Fsp3) is 0.269. The molecule has 2 heterocycles. The zero-order chi connectivity index (χ0) is 23.1. The number of carbonyl (C=O) groups is 1. The molecule has 33 heavy (non-hydrogen) atoms. The van der Waals surface area contributed by atoms with E-state index >= 15 is 0 Å². The Morgan fingerprint density at radius 1 is 1.12 bits per heavy atom. The van der Waals surface area contributed by atoms with E-state index in [4.69, 9.17) is 4.42 Å². The topological polar surface area (TPSA) is 79.6 Å². The van der Waals surface area contributed by atoms with Crippen LogP contribution in [-0.4, -0.2) is 21.4 Å². The second-order valence-corrected chi connectivity index (χ2v) is 10.9. The summed E-state index contributed by atoms with van der Waals surface area (Å²) in [6.07, 6.45) is 2.96. The van der Waals surface area contributed by atoms with Gasteiger partial charge in [-0.2, -0.15) is 0 Å². The van der Waals surface area contributed by atoms with Crippen LogP contribution in [0.2, 0.25) is 0 Å². The van der Waals surface area contributed by atoms with Crippen molar-refractivity contribution >= 4 is 49.0 Å². The van der Waals surface area contributed by atoms with E-state index in [1.807, 2.05) is 19.1 Å². The van der Waals surface area contributed by atoms with Gasteiger partial charge >= 0.3 is 0 Å². The molecule has 3 aromatic carbocycles. The number of hydrogen-bond donors (Lipinski definition) is 1. The number of anilines is 2. The van der Waals surface area contributed by atoms with Crippen molar-refractivity contribution in [3.63, 3.8) is 0 Å². The van der Waals surface area contributed by atoms with Gasteiger partial charge < -0.3 is 9.32 Å². The van der Waals surface area contributed by atoms with Crippen LogP contribution < -0.4 is 9.62 Å². The lowest BCUT2D eigenvalue weighted by Gasteiger charge is -2.17. The molecule has 6 nitrogen and oxygen atoms in total. The van der Waals surface area contributed by atoms with E-state index in [0.717, 1.165) is 47.2 Å². The Kier molecular flexibility index (Phi) is 4.21. The summed E-state index contributed by atoms with van der Waals surface area (Å²) in [4.78, 5) is 14.3. The summed E-state index contributed by atoms with van der Waals surface area (Å²) in [5, 5.41) is 2.20. The molecule has 0 saturated heterocycles. The first-order chi connectivity index (χ1) is 15.7. The number of nitrogens with zero attached hydrogens (tertiary/aromatic N) is 1. The smallest absolute Gasteiger partial charge is 0.262 e.